The van der Waals surface area contributed by atoms with Crippen molar-refractivity contribution in [2.24, 2.45) is 0 Å². The van der Waals surface area contributed by atoms with Crippen molar-refractivity contribution < 1.29 is 23.9 Å². The van der Waals surface area contributed by atoms with Crippen LogP contribution in [0.1, 0.15) is 23.2 Å². The van der Waals surface area contributed by atoms with E-state index in [2.05, 4.69) is 10.6 Å². The lowest BCUT2D eigenvalue weighted by Gasteiger charge is -2.16. The molecule has 8 nitrogen and oxygen atoms in total. The first-order chi connectivity index (χ1) is 14.0. The molecule has 1 aliphatic rings. The van der Waals surface area contributed by atoms with Crippen molar-refractivity contribution in [1.82, 2.24) is 0 Å². The molecule has 2 N–H and O–H groups in total. The highest BCUT2D eigenvalue weighted by Gasteiger charge is 2.21. The van der Waals surface area contributed by atoms with E-state index in [-0.39, 0.29) is 24.3 Å². The molecule has 0 saturated carbocycles. The minimum Gasteiger partial charge on any atom is -0.494 e. The largest absolute Gasteiger partial charge is 0.494 e. The first kappa shape index (κ1) is 20.3. The smallest absolute Gasteiger partial charge is 0.255 e. The Morgan fingerprint density at radius 2 is 1.83 bits per heavy atom. The van der Waals surface area contributed by atoms with Crippen LogP contribution < -0.4 is 20.3 Å². The molecule has 0 atom stereocenters. The Morgan fingerprint density at radius 3 is 2.45 bits per heavy atom. The number of anilines is 3. The van der Waals surface area contributed by atoms with Crippen LogP contribution in [0.3, 0.4) is 0 Å². The Balaban J connectivity index is 1.68. The molecular formula is C21H23N3O5. The minimum atomic E-state index is -0.306. The third-order valence-electron chi connectivity index (χ3n) is 4.52. The molecule has 8 heteroatoms. The van der Waals surface area contributed by atoms with Crippen molar-refractivity contribution in [3.63, 3.8) is 0 Å². The molecule has 0 aliphatic carbocycles. The summed E-state index contributed by atoms with van der Waals surface area (Å²) in [5.41, 5.74) is 2.27. The van der Waals surface area contributed by atoms with Crippen LogP contribution in [0.4, 0.5) is 17.1 Å². The Labute approximate surface area is 168 Å². The average Bonchev–Trinajstić information content (AvgIpc) is 3.15. The van der Waals surface area contributed by atoms with Gasteiger partial charge in [-0.1, -0.05) is 0 Å². The molecule has 0 bridgehead atoms. The fourth-order valence-electron chi connectivity index (χ4n) is 3.11. The zero-order valence-electron chi connectivity index (χ0n) is 16.4. The Bertz CT molecular complexity index is 911. The highest BCUT2D eigenvalue weighted by molar-refractivity contribution is 6.05. The quantitative estimate of drug-likeness (QED) is 0.749. The second-order valence-electron chi connectivity index (χ2n) is 6.55. The minimum absolute atomic E-state index is 0.0688. The summed E-state index contributed by atoms with van der Waals surface area (Å²) in [5, 5.41) is 5.48. The van der Waals surface area contributed by atoms with Gasteiger partial charge in [0.05, 0.1) is 12.8 Å². The lowest BCUT2D eigenvalue weighted by molar-refractivity contribution is -0.119. The molecule has 29 heavy (non-hydrogen) atoms. The van der Waals surface area contributed by atoms with Gasteiger partial charge in [-0.3, -0.25) is 14.4 Å². The zero-order chi connectivity index (χ0) is 20.8. The number of benzene rings is 2. The van der Waals surface area contributed by atoms with Crippen LogP contribution in [-0.4, -0.2) is 45.1 Å². The molecule has 0 unspecified atom stereocenters. The summed E-state index contributed by atoms with van der Waals surface area (Å²) in [6.45, 7) is 0.637. The summed E-state index contributed by atoms with van der Waals surface area (Å²) >= 11 is 0. The molecule has 1 fully saturated rings. The van der Waals surface area contributed by atoms with E-state index in [0.717, 1.165) is 12.1 Å². The number of rotatable bonds is 7. The van der Waals surface area contributed by atoms with Crippen LogP contribution in [0.2, 0.25) is 0 Å². The van der Waals surface area contributed by atoms with Crippen molar-refractivity contribution in [2.75, 3.05) is 42.9 Å². The highest BCUT2D eigenvalue weighted by atomic mass is 16.5. The van der Waals surface area contributed by atoms with Gasteiger partial charge >= 0.3 is 0 Å². The standard InChI is InChI=1S/C21H23N3O5/c1-28-13-19(25)23-17-10-7-15(12-18(17)29-2)22-21(27)14-5-8-16(9-6-14)24-11-3-4-20(24)26/h5-10,12H,3-4,11,13H2,1-2H3,(H,22,27)(H,23,25). The van der Waals surface area contributed by atoms with Crippen LogP contribution >= 0.6 is 0 Å². The maximum Gasteiger partial charge on any atom is 0.255 e. The van der Waals surface area contributed by atoms with Gasteiger partial charge in [-0.15, -0.1) is 0 Å². The summed E-state index contributed by atoms with van der Waals surface area (Å²) in [7, 11) is 2.91. The van der Waals surface area contributed by atoms with E-state index < -0.39 is 0 Å². The van der Waals surface area contributed by atoms with E-state index in [1.807, 2.05) is 0 Å². The lowest BCUT2D eigenvalue weighted by atomic mass is 10.1. The van der Waals surface area contributed by atoms with Gasteiger partial charge in [-0.05, 0) is 42.8 Å². The SMILES string of the molecule is COCC(=O)Nc1ccc(NC(=O)c2ccc(N3CCCC3=O)cc2)cc1OC. The number of carbonyl (C=O) groups excluding carboxylic acids is 3. The van der Waals surface area contributed by atoms with Gasteiger partial charge in [0, 0.05) is 43.1 Å². The molecule has 152 valence electrons. The summed E-state index contributed by atoms with van der Waals surface area (Å²) in [5.74, 6) is -0.0798. The predicted molar refractivity (Wildman–Crippen MR) is 109 cm³/mol. The van der Waals surface area contributed by atoms with Gasteiger partial charge in [0.2, 0.25) is 11.8 Å². The number of carbonyl (C=O) groups is 3. The van der Waals surface area contributed by atoms with Crippen molar-refractivity contribution in [2.45, 2.75) is 12.8 Å². The number of nitrogens with zero attached hydrogens (tertiary/aromatic N) is 1. The van der Waals surface area contributed by atoms with Crippen molar-refractivity contribution in [3.8, 4) is 5.75 Å². The zero-order valence-corrected chi connectivity index (χ0v) is 16.4. The third kappa shape index (κ3) is 4.91. The number of hydrogen-bond donors (Lipinski definition) is 2. The van der Waals surface area contributed by atoms with E-state index in [4.69, 9.17) is 9.47 Å². The topological polar surface area (TPSA) is 97.0 Å². The second kappa shape index (κ2) is 9.20. The summed E-state index contributed by atoms with van der Waals surface area (Å²) in [4.78, 5) is 37.8. The molecule has 2 aromatic rings. The highest BCUT2D eigenvalue weighted by Crippen LogP contribution is 2.28. The first-order valence-corrected chi connectivity index (χ1v) is 9.20. The molecule has 3 amide bonds. The predicted octanol–water partition coefficient (Wildman–Crippen LogP) is 2.66. The number of amides is 3. The molecule has 3 rings (SSSR count). The van der Waals surface area contributed by atoms with Crippen molar-refractivity contribution in [1.29, 1.82) is 0 Å². The normalized spacial score (nSPS) is 13.3. The van der Waals surface area contributed by atoms with Gasteiger partial charge in [0.25, 0.3) is 5.91 Å². The van der Waals surface area contributed by atoms with Crippen LogP contribution in [0.15, 0.2) is 42.5 Å². The molecule has 1 aliphatic heterocycles. The molecule has 2 aromatic carbocycles. The van der Waals surface area contributed by atoms with Crippen LogP contribution in [0, 0.1) is 0 Å². The van der Waals surface area contributed by atoms with Crippen LogP contribution in [0.5, 0.6) is 5.75 Å². The monoisotopic (exact) mass is 397 g/mol. The molecular weight excluding hydrogens is 374 g/mol. The number of ether oxygens (including phenoxy) is 2. The summed E-state index contributed by atoms with van der Waals surface area (Å²) < 4.78 is 10.1. The molecule has 0 spiro atoms. The molecule has 1 heterocycles. The number of nitrogens with one attached hydrogen (secondary N) is 2. The first-order valence-electron chi connectivity index (χ1n) is 9.20. The van der Waals surface area contributed by atoms with Gasteiger partial charge in [0.15, 0.2) is 0 Å². The average molecular weight is 397 g/mol. The Hall–Kier alpha value is -3.39. The van der Waals surface area contributed by atoms with E-state index in [9.17, 15) is 14.4 Å². The van der Waals surface area contributed by atoms with E-state index in [1.165, 1.54) is 14.2 Å². The van der Waals surface area contributed by atoms with E-state index >= 15 is 0 Å². The number of hydrogen-bond acceptors (Lipinski definition) is 5. The van der Waals surface area contributed by atoms with Crippen LogP contribution in [0.25, 0.3) is 0 Å². The van der Waals surface area contributed by atoms with Crippen molar-refractivity contribution >= 4 is 34.8 Å². The summed E-state index contributed by atoms with van der Waals surface area (Å²) in [6, 6.07) is 11.8. The van der Waals surface area contributed by atoms with Crippen molar-refractivity contribution in [3.05, 3.63) is 48.0 Å². The van der Waals surface area contributed by atoms with Gasteiger partial charge in [0.1, 0.15) is 12.4 Å². The molecule has 0 aromatic heterocycles. The van der Waals surface area contributed by atoms with Gasteiger partial charge in [-0.2, -0.15) is 0 Å². The fraction of sp³-hybridized carbons (Fsp3) is 0.286. The molecule has 1 saturated heterocycles. The maximum absolute atomic E-state index is 12.5. The Kier molecular flexibility index (Phi) is 6.46. The third-order valence-corrected chi connectivity index (χ3v) is 4.52. The van der Waals surface area contributed by atoms with Gasteiger partial charge < -0.3 is 25.0 Å². The fourth-order valence-corrected chi connectivity index (χ4v) is 3.11. The second-order valence-corrected chi connectivity index (χ2v) is 6.55. The van der Waals surface area contributed by atoms with E-state index in [0.29, 0.717) is 35.7 Å². The maximum atomic E-state index is 12.5. The Morgan fingerprint density at radius 1 is 1.07 bits per heavy atom. The molecule has 0 radical (unpaired) electrons. The number of methoxy groups -OCH3 is 2. The lowest BCUT2D eigenvalue weighted by Crippen LogP contribution is -2.23. The van der Waals surface area contributed by atoms with E-state index in [1.54, 1.807) is 47.4 Å². The summed E-state index contributed by atoms with van der Waals surface area (Å²) in [6.07, 6.45) is 1.41. The van der Waals surface area contributed by atoms with Gasteiger partial charge in [-0.25, -0.2) is 0 Å². The van der Waals surface area contributed by atoms with Crippen LogP contribution in [-0.2, 0) is 14.3 Å².